The molecule has 7 nitrogen and oxygen atoms in total. The Kier molecular flexibility index (Phi) is 4.08. The number of amides is 1. The van der Waals surface area contributed by atoms with Gasteiger partial charge in [0.15, 0.2) is 0 Å². The van der Waals surface area contributed by atoms with Crippen LogP contribution in [0.15, 0.2) is 0 Å². The number of carbonyl (C=O) groups excluding carboxylic acids is 1. The van der Waals surface area contributed by atoms with E-state index in [1.165, 1.54) is 0 Å². The summed E-state index contributed by atoms with van der Waals surface area (Å²) in [6.07, 6.45) is 1.67. The van der Waals surface area contributed by atoms with Gasteiger partial charge in [-0.25, -0.2) is 9.52 Å². The zero-order valence-corrected chi connectivity index (χ0v) is 11.1. The molecule has 104 valence electrons. The summed E-state index contributed by atoms with van der Waals surface area (Å²) in [5, 5.41) is 3.32. The quantitative estimate of drug-likeness (QED) is 0.650. The van der Waals surface area contributed by atoms with Gasteiger partial charge in [-0.2, -0.15) is 13.1 Å². The number of methoxy groups -OCH3 is 1. The molecule has 0 spiro atoms. The van der Waals surface area contributed by atoms with Gasteiger partial charge in [-0.15, -0.1) is 0 Å². The van der Waals surface area contributed by atoms with Crippen LogP contribution in [0.1, 0.15) is 19.3 Å². The molecule has 1 aliphatic carbocycles. The lowest BCUT2D eigenvalue weighted by Crippen LogP contribution is -2.47. The number of rotatable bonds is 3. The van der Waals surface area contributed by atoms with Crippen LogP contribution in [0.3, 0.4) is 0 Å². The van der Waals surface area contributed by atoms with Gasteiger partial charge in [-0.05, 0) is 44.2 Å². The summed E-state index contributed by atoms with van der Waals surface area (Å²) in [4.78, 5) is 10.9. The highest BCUT2D eigenvalue weighted by atomic mass is 32.2. The van der Waals surface area contributed by atoms with Crippen molar-refractivity contribution in [3.05, 3.63) is 0 Å². The van der Waals surface area contributed by atoms with E-state index in [0.29, 0.717) is 11.8 Å². The largest absolute Gasteiger partial charge is 0.452 e. The first-order chi connectivity index (χ1) is 8.50. The van der Waals surface area contributed by atoms with Gasteiger partial charge in [0.05, 0.1) is 7.11 Å². The van der Waals surface area contributed by atoms with Gasteiger partial charge in [-0.3, -0.25) is 0 Å². The van der Waals surface area contributed by atoms with Crippen molar-refractivity contribution in [2.45, 2.75) is 25.3 Å². The summed E-state index contributed by atoms with van der Waals surface area (Å²) < 4.78 is 31.8. The SMILES string of the molecule is COC(=O)NS(=O)(=O)NC1CC[C@H]2CNC[C@H]2C1. The second-order valence-electron chi connectivity index (χ2n) is 4.90. The lowest BCUT2D eigenvalue weighted by molar-refractivity contribution is 0.177. The first-order valence-electron chi connectivity index (χ1n) is 6.09. The molecule has 1 aliphatic heterocycles. The molecule has 3 N–H and O–H groups in total. The van der Waals surface area contributed by atoms with E-state index in [9.17, 15) is 13.2 Å². The smallest absolute Gasteiger partial charge is 0.421 e. The Morgan fingerprint density at radius 2 is 2.00 bits per heavy atom. The van der Waals surface area contributed by atoms with E-state index in [4.69, 9.17) is 0 Å². The third-order valence-corrected chi connectivity index (χ3v) is 4.76. The molecular weight excluding hydrogens is 258 g/mol. The Bertz CT molecular complexity index is 411. The summed E-state index contributed by atoms with van der Waals surface area (Å²) in [5.41, 5.74) is 0. The normalized spacial score (nSPS) is 31.7. The average Bonchev–Trinajstić information content (AvgIpc) is 2.74. The molecule has 18 heavy (non-hydrogen) atoms. The molecule has 0 radical (unpaired) electrons. The zero-order chi connectivity index (χ0) is 13.2. The molecule has 3 atom stereocenters. The fourth-order valence-corrected chi connectivity index (χ4v) is 3.82. The van der Waals surface area contributed by atoms with Crippen LogP contribution in [0.2, 0.25) is 0 Å². The molecule has 1 saturated carbocycles. The minimum absolute atomic E-state index is 0.103. The fraction of sp³-hybridized carbons (Fsp3) is 0.900. The van der Waals surface area contributed by atoms with Crippen molar-refractivity contribution in [1.82, 2.24) is 14.8 Å². The van der Waals surface area contributed by atoms with Gasteiger partial charge in [0.25, 0.3) is 0 Å². The van der Waals surface area contributed by atoms with Gasteiger partial charge < -0.3 is 10.1 Å². The molecule has 1 heterocycles. The van der Waals surface area contributed by atoms with E-state index in [-0.39, 0.29) is 6.04 Å². The van der Waals surface area contributed by atoms with Crippen LogP contribution in [0, 0.1) is 11.8 Å². The highest BCUT2D eigenvalue weighted by Crippen LogP contribution is 2.32. The first kappa shape index (κ1) is 13.6. The Morgan fingerprint density at radius 3 is 2.72 bits per heavy atom. The fourth-order valence-electron chi connectivity index (χ4n) is 2.81. The number of nitrogens with one attached hydrogen (secondary N) is 3. The Labute approximate surface area is 107 Å². The predicted octanol–water partition coefficient (Wildman–Crippen LogP) is -0.435. The number of hydrogen-bond acceptors (Lipinski definition) is 5. The molecule has 0 aromatic heterocycles. The van der Waals surface area contributed by atoms with Crippen molar-refractivity contribution in [2.75, 3.05) is 20.2 Å². The standard InChI is InChI=1S/C10H19N3O4S/c1-17-10(14)13-18(15,16)12-9-3-2-7-5-11-6-8(7)4-9/h7-9,11-12H,2-6H2,1H3,(H,13,14)/t7-,8+,9?/m0/s1. The summed E-state index contributed by atoms with van der Waals surface area (Å²) in [7, 11) is -2.69. The molecule has 2 fully saturated rings. The van der Waals surface area contributed by atoms with Crippen molar-refractivity contribution in [3.63, 3.8) is 0 Å². The molecule has 8 heteroatoms. The van der Waals surface area contributed by atoms with Crippen LogP contribution in [-0.2, 0) is 14.9 Å². The average molecular weight is 277 g/mol. The number of ether oxygens (including phenoxy) is 1. The van der Waals surface area contributed by atoms with Crippen LogP contribution < -0.4 is 14.8 Å². The second-order valence-corrected chi connectivity index (χ2v) is 6.35. The number of carbonyl (C=O) groups is 1. The molecule has 2 aliphatic rings. The van der Waals surface area contributed by atoms with Crippen molar-refractivity contribution in [3.8, 4) is 0 Å². The van der Waals surface area contributed by atoms with E-state index in [2.05, 4.69) is 14.8 Å². The summed E-state index contributed by atoms with van der Waals surface area (Å²) in [6.45, 7) is 1.98. The highest BCUT2D eigenvalue weighted by Gasteiger charge is 2.35. The third kappa shape index (κ3) is 3.33. The van der Waals surface area contributed by atoms with Crippen LogP contribution in [0.25, 0.3) is 0 Å². The zero-order valence-electron chi connectivity index (χ0n) is 10.3. The van der Waals surface area contributed by atoms with Crippen molar-refractivity contribution < 1.29 is 17.9 Å². The van der Waals surface area contributed by atoms with E-state index in [1.807, 2.05) is 0 Å². The molecular formula is C10H19N3O4S. The molecule has 1 amide bonds. The van der Waals surface area contributed by atoms with E-state index < -0.39 is 16.3 Å². The molecule has 0 aromatic rings. The minimum atomic E-state index is -3.82. The van der Waals surface area contributed by atoms with Crippen molar-refractivity contribution in [1.29, 1.82) is 0 Å². The van der Waals surface area contributed by atoms with Crippen LogP contribution in [0.5, 0.6) is 0 Å². The number of fused-ring (bicyclic) bond motifs is 1. The monoisotopic (exact) mass is 277 g/mol. The minimum Gasteiger partial charge on any atom is -0.452 e. The summed E-state index contributed by atoms with van der Waals surface area (Å²) in [5.74, 6) is 1.20. The van der Waals surface area contributed by atoms with Crippen LogP contribution >= 0.6 is 0 Å². The van der Waals surface area contributed by atoms with Crippen LogP contribution in [0.4, 0.5) is 4.79 Å². The van der Waals surface area contributed by atoms with Gasteiger partial charge >= 0.3 is 16.3 Å². The maximum atomic E-state index is 11.6. The van der Waals surface area contributed by atoms with E-state index in [1.54, 1.807) is 4.72 Å². The van der Waals surface area contributed by atoms with Gasteiger partial charge in [0.1, 0.15) is 0 Å². The predicted molar refractivity (Wildman–Crippen MR) is 65.1 cm³/mol. The second kappa shape index (κ2) is 5.41. The lowest BCUT2D eigenvalue weighted by atomic mass is 9.79. The van der Waals surface area contributed by atoms with Crippen LogP contribution in [-0.4, -0.2) is 40.8 Å². The summed E-state index contributed by atoms with van der Waals surface area (Å²) >= 11 is 0. The third-order valence-electron chi connectivity index (χ3n) is 3.68. The van der Waals surface area contributed by atoms with Crippen molar-refractivity contribution >= 4 is 16.3 Å². The number of hydrogen-bond donors (Lipinski definition) is 3. The van der Waals surface area contributed by atoms with E-state index in [0.717, 1.165) is 39.5 Å². The molecule has 0 aromatic carbocycles. The van der Waals surface area contributed by atoms with Crippen molar-refractivity contribution in [2.24, 2.45) is 11.8 Å². The topological polar surface area (TPSA) is 96.5 Å². The maximum absolute atomic E-state index is 11.6. The van der Waals surface area contributed by atoms with Gasteiger partial charge in [0.2, 0.25) is 0 Å². The summed E-state index contributed by atoms with van der Waals surface area (Å²) in [6, 6.07) is -0.103. The van der Waals surface area contributed by atoms with Gasteiger partial charge in [-0.1, -0.05) is 0 Å². The molecule has 1 unspecified atom stereocenters. The maximum Gasteiger partial charge on any atom is 0.421 e. The molecule has 0 bridgehead atoms. The van der Waals surface area contributed by atoms with E-state index >= 15 is 0 Å². The molecule has 1 saturated heterocycles. The highest BCUT2D eigenvalue weighted by molar-refractivity contribution is 7.88. The Morgan fingerprint density at radius 1 is 1.28 bits per heavy atom. The first-order valence-corrected chi connectivity index (χ1v) is 7.57. The lowest BCUT2D eigenvalue weighted by Gasteiger charge is -2.31. The Hall–Kier alpha value is -0.860. The van der Waals surface area contributed by atoms with Gasteiger partial charge in [0, 0.05) is 6.04 Å². The Balaban J connectivity index is 1.87. The molecule has 2 rings (SSSR count).